The van der Waals surface area contributed by atoms with Gasteiger partial charge in [-0.15, -0.1) is 0 Å². The van der Waals surface area contributed by atoms with Gasteiger partial charge in [0.2, 0.25) is 0 Å². The Kier molecular flexibility index (Phi) is 5.66. The molecule has 4 nitrogen and oxygen atoms in total. The van der Waals surface area contributed by atoms with E-state index >= 15 is 0 Å². The topological polar surface area (TPSA) is 43.6 Å². The zero-order chi connectivity index (χ0) is 28.3. The summed E-state index contributed by atoms with van der Waals surface area (Å²) in [6.07, 6.45) is 0. The fourth-order valence-corrected chi connectivity index (χ4v) is 10.3. The molecule has 202 valence electrons. The molecule has 0 aliphatic heterocycles. The van der Waals surface area contributed by atoms with Crippen LogP contribution in [0, 0.1) is 0 Å². The van der Waals surface area contributed by atoms with Crippen molar-refractivity contribution in [3.63, 3.8) is 0 Å². The van der Waals surface area contributed by atoms with E-state index in [0.29, 0.717) is 17.6 Å². The maximum absolute atomic E-state index is 5.21. The Labute approximate surface area is 257 Å². The predicted octanol–water partition coefficient (Wildman–Crippen LogP) is 9.39. The van der Waals surface area contributed by atoms with Crippen molar-refractivity contribution in [2.75, 3.05) is 0 Å². The van der Waals surface area contributed by atoms with Crippen LogP contribution in [0.4, 0.5) is 0 Å². The van der Waals surface area contributed by atoms with Crippen LogP contribution in [-0.2, 0) is 0 Å². The van der Waals surface area contributed by atoms with Crippen LogP contribution in [0.3, 0.4) is 0 Å². The van der Waals surface area contributed by atoms with Gasteiger partial charge in [0, 0.05) is 0 Å². The molecule has 0 fully saturated rings. The molecule has 0 radical (unpaired) electrons. The summed E-state index contributed by atoms with van der Waals surface area (Å²) in [6, 6.07) is 46.6. The number of rotatable bonds is 4. The average Bonchev–Trinajstić information content (AvgIpc) is 3.73. The molecule has 4 aromatic heterocycles. The van der Waals surface area contributed by atoms with Gasteiger partial charge < -0.3 is 0 Å². The van der Waals surface area contributed by atoms with Crippen LogP contribution in [0.2, 0.25) is 0 Å². The summed E-state index contributed by atoms with van der Waals surface area (Å²) in [5.74, 6) is 1.97. The third-order valence-electron chi connectivity index (χ3n) is 7.88. The number of para-hydroxylation sites is 1. The molecule has 0 spiro atoms. The third-order valence-corrected chi connectivity index (χ3v) is 11.9. The van der Waals surface area contributed by atoms with Crippen LogP contribution in [0.25, 0.3) is 79.6 Å². The number of hydrogen-bond donors (Lipinski definition) is 0. The van der Waals surface area contributed by atoms with E-state index in [2.05, 4.69) is 114 Å². The first-order chi connectivity index (χ1) is 21.3. The first-order valence-corrected chi connectivity index (χ1v) is 16.7. The van der Waals surface area contributed by atoms with Crippen LogP contribution in [0.5, 0.6) is 0 Å². The Balaban J connectivity index is 1.35. The van der Waals surface area contributed by atoms with Gasteiger partial charge in [0.15, 0.2) is 0 Å². The molecule has 0 N–H and O–H groups in total. The zero-order valence-electron chi connectivity index (χ0n) is 22.8. The van der Waals surface area contributed by atoms with Gasteiger partial charge in [0.05, 0.1) is 0 Å². The van der Waals surface area contributed by atoms with Crippen molar-refractivity contribution in [3.05, 3.63) is 133 Å². The number of hydrogen-bond acceptors (Lipinski definition) is 4. The van der Waals surface area contributed by atoms with E-state index in [0.717, 1.165) is 27.8 Å². The van der Waals surface area contributed by atoms with Crippen LogP contribution in [-0.4, -0.2) is 34.0 Å². The molecule has 0 aliphatic carbocycles. The van der Waals surface area contributed by atoms with E-state index in [1.54, 1.807) is 0 Å². The quantitative estimate of drug-likeness (QED) is 0.182. The molecule has 0 bridgehead atoms. The Morgan fingerprint density at radius 1 is 0.512 bits per heavy atom. The van der Waals surface area contributed by atoms with Gasteiger partial charge in [-0.25, -0.2) is 0 Å². The SMILES string of the molecule is c1ccc(-c2cccc(-c3nc(-c4ccccc4)nc(-n4c5ccccc5c5sc6c7ccccc7[se]c6c54)n3)c2)cc1. The van der Waals surface area contributed by atoms with E-state index in [4.69, 9.17) is 15.0 Å². The second-order valence-corrected chi connectivity index (χ2v) is 13.7. The fourth-order valence-electron chi connectivity index (χ4n) is 5.89. The molecule has 6 heteroatoms. The van der Waals surface area contributed by atoms with Gasteiger partial charge in [0.25, 0.3) is 0 Å². The summed E-state index contributed by atoms with van der Waals surface area (Å²) < 4.78 is 7.82. The van der Waals surface area contributed by atoms with Gasteiger partial charge in [-0.2, -0.15) is 0 Å². The van der Waals surface area contributed by atoms with Gasteiger partial charge in [-0.05, 0) is 0 Å². The summed E-state index contributed by atoms with van der Waals surface area (Å²) in [4.78, 5) is 15.4. The molecule has 0 aliphatic rings. The van der Waals surface area contributed by atoms with Crippen molar-refractivity contribution in [1.29, 1.82) is 0 Å². The van der Waals surface area contributed by atoms with Crippen molar-refractivity contribution >= 4 is 65.6 Å². The molecule has 0 amide bonds. The molecule has 5 aromatic carbocycles. The molecule has 0 atom stereocenters. The van der Waals surface area contributed by atoms with E-state index in [9.17, 15) is 0 Å². The van der Waals surface area contributed by atoms with Crippen molar-refractivity contribution < 1.29 is 0 Å². The Hall–Kier alpha value is -4.87. The first kappa shape index (κ1) is 24.7. The number of nitrogens with zero attached hydrogens (tertiary/aromatic N) is 4. The fraction of sp³-hybridized carbons (Fsp3) is 0. The first-order valence-electron chi connectivity index (χ1n) is 14.1. The molecule has 9 rings (SSSR count). The average molecular weight is 634 g/mol. The van der Waals surface area contributed by atoms with E-state index < -0.39 is 0 Å². The number of aromatic nitrogens is 4. The minimum absolute atomic E-state index is 0.207. The molecular weight excluding hydrogens is 611 g/mol. The second-order valence-electron chi connectivity index (χ2n) is 10.5. The van der Waals surface area contributed by atoms with Crippen molar-refractivity contribution in [2.24, 2.45) is 0 Å². The van der Waals surface area contributed by atoms with Crippen LogP contribution < -0.4 is 0 Å². The van der Waals surface area contributed by atoms with Crippen molar-refractivity contribution in [3.8, 4) is 39.9 Å². The molecule has 0 saturated heterocycles. The third kappa shape index (κ3) is 3.99. The molecule has 0 saturated carbocycles. The normalized spacial score (nSPS) is 11.7. The summed E-state index contributed by atoms with van der Waals surface area (Å²) in [5.41, 5.74) is 6.56. The van der Waals surface area contributed by atoms with Gasteiger partial charge in [-0.1, -0.05) is 6.07 Å². The van der Waals surface area contributed by atoms with Gasteiger partial charge >= 0.3 is 252 Å². The van der Waals surface area contributed by atoms with Crippen molar-refractivity contribution in [2.45, 2.75) is 0 Å². The minimum atomic E-state index is 0.207. The molecule has 0 unspecified atom stereocenters. The molecule has 43 heavy (non-hydrogen) atoms. The summed E-state index contributed by atoms with van der Waals surface area (Å²) in [6.45, 7) is 0. The summed E-state index contributed by atoms with van der Waals surface area (Å²) in [7, 11) is 0. The van der Waals surface area contributed by atoms with E-state index in [1.807, 2.05) is 35.6 Å². The van der Waals surface area contributed by atoms with Crippen molar-refractivity contribution in [1.82, 2.24) is 19.5 Å². The monoisotopic (exact) mass is 634 g/mol. The number of benzene rings is 5. The Bertz CT molecular complexity index is 2460. The summed E-state index contributed by atoms with van der Waals surface area (Å²) >= 11 is 2.11. The molecule has 9 aromatic rings. The Morgan fingerprint density at radius 2 is 1.14 bits per heavy atom. The van der Waals surface area contributed by atoms with E-state index in [-0.39, 0.29) is 14.5 Å². The van der Waals surface area contributed by atoms with Crippen LogP contribution in [0.1, 0.15) is 0 Å². The summed E-state index contributed by atoms with van der Waals surface area (Å²) in [5, 5.41) is 2.60. The predicted molar refractivity (Wildman–Crippen MR) is 180 cm³/mol. The Morgan fingerprint density at radius 3 is 1.95 bits per heavy atom. The van der Waals surface area contributed by atoms with Gasteiger partial charge in [0.1, 0.15) is 0 Å². The zero-order valence-corrected chi connectivity index (χ0v) is 25.3. The molecule has 4 heterocycles. The second kappa shape index (κ2) is 9.85. The number of thiophene rings is 1. The van der Waals surface area contributed by atoms with Gasteiger partial charge in [-0.3, -0.25) is 0 Å². The van der Waals surface area contributed by atoms with Crippen LogP contribution in [0.15, 0.2) is 133 Å². The maximum atomic E-state index is 5.21. The van der Waals surface area contributed by atoms with E-state index in [1.165, 1.54) is 34.2 Å². The van der Waals surface area contributed by atoms with Crippen LogP contribution >= 0.6 is 11.3 Å². The number of fused-ring (bicyclic) bond motifs is 7. The standard InChI is InChI=1S/C37H22N4SSe/c1-3-12-23(13-4-1)25-16-11-17-26(22-25)36-38-35(24-14-5-2-6-15-24)39-37(40-36)41-29-20-9-7-18-27(29)32-31(41)34-33(42-32)28-19-8-10-21-30(28)43-34/h1-22H. The molecular formula is C37H22N4SSe.